The zero-order valence-electron chi connectivity index (χ0n) is 24.6. The zero-order valence-corrected chi connectivity index (χ0v) is 28.6. The van der Waals surface area contributed by atoms with Crippen molar-refractivity contribution < 1.29 is 88.1 Å². The van der Waals surface area contributed by atoms with Gasteiger partial charge in [0.15, 0.2) is 5.78 Å². The minimum absolute atomic E-state index is 0. The van der Waals surface area contributed by atoms with Gasteiger partial charge in [0.25, 0.3) is 0 Å². The summed E-state index contributed by atoms with van der Waals surface area (Å²) in [5.74, 6) is 4.63. The number of ketones is 1. The molecular formula is C35H25KO8S. The summed E-state index contributed by atoms with van der Waals surface area (Å²) in [5, 5.41) is 0. The molecule has 0 N–H and O–H groups in total. The first-order chi connectivity index (χ1) is 21.1. The van der Waals surface area contributed by atoms with Crippen molar-refractivity contribution in [3.63, 3.8) is 0 Å². The minimum Gasteiger partial charge on any atom is -0.744 e. The molecular weight excluding hydrogens is 620 g/mol. The molecule has 0 aromatic heterocycles. The second-order valence-electron chi connectivity index (χ2n) is 9.57. The smallest absolute Gasteiger partial charge is 0.744 e. The molecule has 45 heavy (non-hydrogen) atoms. The van der Waals surface area contributed by atoms with E-state index in [2.05, 4.69) is 5.92 Å². The molecule has 0 heterocycles. The van der Waals surface area contributed by atoms with Crippen molar-refractivity contribution in [3.8, 4) is 52.6 Å². The molecule has 0 aliphatic heterocycles. The van der Waals surface area contributed by atoms with Crippen LogP contribution in [-0.4, -0.2) is 25.9 Å². The van der Waals surface area contributed by atoms with E-state index in [0.717, 1.165) is 11.6 Å². The van der Waals surface area contributed by atoms with E-state index in [1.165, 1.54) is 24.3 Å². The van der Waals surface area contributed by atoms with Crippen molar-refractivity contribution in [2.24, 2.45) is 0 Å². The molecule has 0 amide bonds. The second-order valence-corrected chi connectivity index (χ2v) is 10.9. The molecule has 0 fully saturated rings. The van der Waals surface area contributed by atoms with Gasteiger partial charge in [0.2, 0.25) is 0 Å². The largest absolute Gasteiger partial charge is 1.00 e. The Morgan fingerprint density at radius 1 is 0.667 bits per heavy atom. The van der Waals surface area contributed by atoms with Crippen molar-refractivity contribution in [2.45, 2.75) is 11.8 Å². The van der Waals surface area contributed by atoms with Gasteiger partial charge in [-0.1, -0.05) is 12.0 Å². The predicted octanol–water partition coefficient (Wildman–Crippen LogP) is 4.50. The van der Waals surface area contributed by atoms with E-state index < -0.39 is 15.0 Å². The summed E-state index contributed by atoms with van der Waals surface area (Å²) >= 11 is 0. The van der Waals surface area contributed by atoms with Crippen LogP contribution in [-0.2, 0) is 10.1 Å². The average Bonchev–Trinajstić information content (AvgIpc) is 3.02. The van der Waals surface area contributed by atoms with Gasteiger partial charge in [-0.05, 0) is 110 Å². The Bertz CT molecular complexity index is 1960. The van der Waals surface area contributed by atoms with E-state index >= 15 is 0 Å². The van der Waals surface area contributed by atoms with Crippen LogP contribution in [0.25, 0.3) is 0 Å². The first-order valence-corrected chi connectivity index (χ1v) is 14.6. The van der Waals surface area contributed by atoms with Crippen molar-refractivity contribution >= 4 is 15.9 Å². The number of aryl methyl sites for hydroxylation is 1. The molecule has 0 unspecified atom stereocenters. The molecule has 0 saturated carbocycles. The molecule has 10 heteroatoms. The molecule has 8 nitrogen and oxygen atoms in total. The Kier molecular flexibility index (Phi) is 11.2. The topological polar surface area (TPSA) is 111 Å². The molecule has 0 saturated heterocycles. The van der Waals surface area contributed by atoms with E-state index in [9.17, 15) is 17.8 Å². The average molecular weight is 645 g/mol. The fourth-order valence-electron chi connectivity index (χ4n) is 4.21. The van der Waals surface area contributed by atoms with Crippen LogP contribution in [0.3, 0.4) is 0 Å². The summed E-state index contributed by atoms with van der Waals surface area (Å²) in [6.07, 6.45) is 5.54. The van der Waals surface area contributed by atoms with Crippen molar-refractivity contribution in [1.29, 1.82) is 0 Å². The van der Waals surface area contributed by atoms with Gasteiger partial charge >= 0.3 is 51.4 Å². The SMILES string of the molecule is C#Cc1ccc(C)cc1Oc1ccc(Oc2ccc(C(=O)c3ccc(Oc4ccc(OC)cc4)cc3)cc2)c(S(=O)(=O)[O-])c1.[K+]. The molecule has 0 atom stereocenters. The Balaban J connectivity index is 0.00000461. The molecule has 0 aliphatic carbocycles. The summed E-state index contributed by atoms with van der Waals surface area (Å²) in [7, 11) is -3.36. The maximum atomic E-state index is 13.1. The molecule has 220 valence electrons. The Hall–Kier alpha value is -3.92. The van der Waals surface area contributed by atoms with Crippen LogP contribution in [0.15, 0.2) is 114 Å². The third-order valence-corrected chi connectivity index (χ3v) is 7.32. The summed E-state index contributed by atoms with van der Waals surface area (Å²) < 4.78 is 58.8. The Labute approximate surface area is 304 Å². The van der Waals surface area contributed by atoms with Gasteiger partial charge in [-0.25, -0.2) is 8.42 Å². The first-order valence-electron chi connectivity index (χ1n) is 13.2. The third-order valence-electron chi connectivity index (χ3n) is 6.46. The number of terminal acetylenes is 1. The molecule has 5 rings (SSSR count). The van der Waals surface area contributed by atoms with Gasteiger partial charge in [-0.2, -0.15) is 0 Å². The number of hydrogen-bond acceptors (Lipinski definition) is 8. The quantitative estimate of drug-likeness (QED) is 0.0946. The Morgan fingerprint density at radius 2 is 1.16 bits per heavy atom. The third kappa shape index (κ3) is 8.63. The second kappa shape index (κ2) is 14.9. The molecule has 0 aliphatic rings. The fourth-order valence-corrected chi connectivity index (χ4v) is 4.83. The standard InChI is InChI=1S/C35H26O8S.K/c1-4-24-6-5-23(2)21-33(24)43-31-19-20-32(34(22-31)44(37,38)39)42-30-13-9-26(10-14-30)35(36)25-7-11-28(12-8-25)41-29-17-15-27(40-3)16-18-29;/h1,5-22H,2-3H3,(H,37,38,39);/q;+1/p-1. The number of benzene rings is 5. The normalized spacial score (nSPS) is 10.6. The molecule has 0 spiro atoms. The van der Waals surface area contributed by atoms with Crippen LogP contribution in [0.4, 0.5) is 0 Å². The van der Waals surface area contributed by atoms with E-state index in [1.54, 1.807) is 79.9 Å². The summed E-state index contributed by atoms with van der Waals surface area (Å²) in [6, 6.07) is 29.0. The van der Waals surface area contributed by atoms with E-state index in [1.807, 2.05) is 13.0 Å². The van der Waals surface area contributed by atoms with Gasteiger partial charge < -0.3 is 23.5 Å². The van der Waals surface area contributed by atoms with E-state index in [0.29, 0.717) is 39.7 Å². The number of carbonyl (C=O) groups excluding carboxylic acids is 1. The van der Waals surface area contributed by atoms with Crippen molar-refractivity contribution in [1.82, 2.24) is 0 Å². The van der Waals surface area contributed by atoms with Crippen LogP contribution in [0.5, 0.6) is 40.2 Å². The van der Waals surface area contributed by atoms with Gasteiger partial charge in [-0.3, -0.25) is 4.79 Å². The molecule has 0 bridgehead atoms. The maximum Gasteiger partial charge on any atom is 1.00 e. The number of ether oxygens (including phenoxy) is 4. The maximum absolute atomic E-state index is 13.1. The summed E-state index contributed by atoms with van der Waals surface area (Å²) in [4.78, 5) is 12.4. The van der Waals surface area contributed by atoms with Gasteiger partial charge in [-0.15, -0.1) is 6.42 Å². The van der Waals surface area contributed by atoms with E-state index in [4.69, 9.17) is 25.4 Å². The monoisotopic (exact) mass is 644 g/mol. The predicted molar refractivity (Wildman–Crippen MR) is 163 cm³/mol. The molecule has 0 radical (unpaired) electrons. The summed E-state index contributed by atoms with van der Waals surface area (Å²) in [5.41, 5.74) is 2.17. The molecule has 5 aromatic rings. The van der Waals surface area contributed by atoms with Gasteiger partial charge in [0.1, 0.15) is 55.3 Å². The van der Waals surface area contributed by atoms with Gasteiger partial charge in [0.05, 0.1) is 12.7 Å². The number of hydrogen-bond donors (Lipinski definition) is 0. The number of methoxy groups -OCH3 is 1. The minimum atomic E-state index is -4.94. The van der Waals surface area contributed by atoms with Crippen LogP contribution in [0.2, 0.25) is 0 Å². The first kappa shape index (κ1) is 34.0. The van der Waals surface area contributed by atoms with Crippen molar-refractivity contribution in [2.75, 3.05) is 7.11 Å². The van der Waals surface area contributed by atoms with E-state index in [-0.39, 0.29) is 74.4 Å². The van der Waals surface area contributed by atoms with Crippen LogP contribution in [0, 0.1) is 19.3 Å². The van der Waals surface area contributed by atoms with Crippen LogP contribution >= 0.6 is 0 Å². The van der Waals surface area contributed by atoms with Crippen LogP contribution in [0.1, 0.15) is 27.0 Å². The number of carbonyl (C=O) groups is 1. The Morgan fingerprint density at radius 3 is 1.69 bits per heavy atom. The fraction of sp³-hybridized carbons (Fsp3) is 0.0571. The number of rotatable bonds is 10. The van der Waals surface area contributed by atoms with Gasteiger partial charge in [0, 0.05) is 17.2 Å². The molecule has 5 aromatic carbocycles. The summed E-state index contributed by atoms with van der Waals surface area (Å²) in [6.45, 7) is 1.85. The van der Waals surface area contributed by atoms with Crippen molar-refractivity contribution in [3.05, 3.63) is 131 Å². The van der Waals surface area contributed by atoms with Crippen LogP contribution < -0.4 is 70.3 Å². The zero-order chi connectivity index (χ0) is 31.3.